The van der Waals surface area contributed by atoms with Gasteiger partial charge in [0.1, 0.15) is 17.4 Å². The molecule has 0 aliphatic carbocycles. The van der Waals surface area contributed by atoms with Crippen LogP contribution in [0.1, 0.15) is 11.1 Å². The first-order valence-corrected chi connectivity index (χ1v) is 5.07. The third-order valence-corrected chi connectivity index (χ3v) is 2.25. The molecule has 0 aliphatic rings. The molecule has 1 N–H and O–H groups in total. The molecule has 0 atom stereocenters. The zero-order chi connectivity index (χ0) is 12.3. The summed E-state index contributed by atoms with van der Waals surface area (Å²) >= 11 is 0. The molecule has 2 aromatic carbocycles. The Morgan fingerprint density at radius 1 is 0.765 bits per heavy atom. The lowest BCUT2D eigenvalue weighted by molar-refractivity contribution is 0.475. The minimum atomic E-state index is -0.602. The maximum Gasteiger partial charge on any atom is 0.126 e. The summed E-state index contributed by atoms with van der Waals surface area (Å²) in [6, 6.07) is 9.85. The van der Waals surface area contributed by atoms with Crippen LogP contribution in [0.15, 0.2) is 42.5 Å². The molecule has 2 aromatic rings. The highest BCUT2D eigenvalue weighted by molar-refractivity contribution is 5.69. The van der Waals surface area contributed by atoms with Crippen LogP contribution in [0.25, 0.3) is 12.2 Å². The van der Waals surface area contributed by atoms with Crippen LogP contribution in [0.2, 0.25) is 0 Å². The van der Waals surface area contributed by atoms with Crippen LogP contribution in [0.4, 0.5) is 8.78 Å². The van der Waals surface area contributed by atoms with Crippen molar-refractivity contribution >= 4 is 12.2 Å². The summed E-state index contributed by atoms with van der Waals surface area (Å²) in [7, 11) is 0. The van der Waals surface area contributed by atoms with Gasteiger partial charge in [-0.05, 0) is 35.4 Å². The molecule has 86 valence electrons. The van der Waals surface area contributed by atoms with Crippen LogP contribution < -0.4 is 0 Å². The number of phenolic OH excluding ortho intramolecular Hbond substituents is 1. The fourth-order valence-electron chi connectivity index (χ4n) is 1.45. The molecular formula is C14H10F2O. The van der Waals surface area contributed by atoms with E-state index in [1.54, 1.807) is 36.4 Å². The summed E-state index contributed by atoms with van der Waals surface area (Å²) in [5.41, 5.74) is 1.29. The van der Waals surface area contributed by atoms with Gasteiger partial charge in [0.15, 0.2) is 0 Å². The molecule has 2 rings (SSSR count). The second-order valence-corrected chi connectivity index (χ2v) is 3.63. The van der Waals surface area contributed by atoms with E-state index in [4.69, 9.17) is 5.11 Å². The van der Waals surface area contributed by atoms with E-state index in [1.807, 2.05) is 0 Å². The molecular weight excluding hydrogens is 222 g/mol. The molecule has 0 bridgehead atoms. The van der Waals surface area contributed by atoms with Crippen molar-refractivity contribution in [1.29, 1.82) is 0 Å². The van der Waals surface area contributed by atoms with Crippen molar-refractivity contribution in [3.8, 4) is 5.75 Å². The van der Waals surface area contributed by atoms with Crippen molar-refractivity contribution < 1.29 is 13.9 Å². The van der Waals surface area contributed by atoms with Gasteiger partial charge < -0.3 is 5.11 Å². The Bertz CT molecular complexity index is 524. The van der Waals surface area contributed by atoms with Crippen LogP contribution in [-0.4, -0.2) is 5.11 Å². The Morgan fingerprint density at radius 3 is 1.88 bits per heavy atom. The number of phenols is 1. The lowest BCUT2D eigenvalue weighted by Crippen LogP contribution is -1.81. The molecule has 0 heterocycles. The van der Waals surface area contributed by atoms with E-state index >= 15 is 0 Å². The summed E-state index contributed by atoms with van der Waals surface area (Å²) in [5, 5.41) is 9.09. The first-order chi connectivity index (χ1) is 8.13. The Balaban J connectivity index is 2.22. The Kier molecular flexibility index (Phi) is 3.19. The van der Waals surface area contributed by atoms with Crippen molar-refractivity contribution in [2.24, 2.45) is 0 Å². The summed E-state index contributed by atoms with van der Waals surface area (Å²) in [6.07, 6.45) is 3.33. The Labute approximate surface area is 97.7 Å². The van der Waals surface area contributed by atoms with E-state index in [2.05, 4.69) is 0 Å². The molecule has 0 fully saturated rings. The van der Waals surface area contributed by atoms with Gasteiger partial charge in [-0.15, -0.1) is 0 Å². The summed E-state index contributed by atoms with van der Waals surface area (Å²) in [6.45, 7) is 0. The molecule has 0 saturated carbocycles. The van der Waals surface area contributed by atoms with Crippen LogP contribution in [0, 0.1) is 11.6 Å². The lowest BCUT2D eigenvalue weighted by atomic mass is 10.1. The predicted molar refractivity (Wildman–Crippen MR) is 63.4 cm³/mol. The van der Waals surface area contributed by atoms with Gasteiger partial charge in [-0.25, -0.2) is 8.78 Å². The van der Waals surface area contributed by atoms with Gasteiger partial charge in [0.25, 0.3) is 0 Å². The van der Waals surface area contributed by atoms with E-state index in [0.29, 0.717) is 5.56 Å². The van der Waals surface area contributed by atoms with Gasteiger partial charge in [0.05, 0.1) is 0 Å². The maximum atomic E-state index is 12.9. The Morgan fingerprint density at radius 2 is 1.29 bits per heavy atom. The first kappa shape index (κ1) is 11.3. The normalized spacial score (nSPS) is 10.9. The van der Waals surface area contributed by atoms with Gasteiger partial charge in [0.2, 0.25) is 0 Å². The minimum absolute atomic E-state index is 0.180. The molecule has 3 heteroatoms. The van der Waals surface area contributed by atoms with Crippen molar-refractivity contribution in [2.45, 2.75) is 0 Å². The number of hydrogen-bond acceptors (Lipinski definition) is 1. The van der Waals surface area contributed by atoms with Crippen LogP contribution in [0.3, 0.4) is 0 Å². The summed E-state index contributed by atoms with van der Waals surface area (Å²) < 4.78 is 25.8. The first-order valence-electron chi connectivity index (χ1n) is 5.07. The molecule has 0 unspecified atom stereocenters. The van der Waals surface area contributed by atoms with E-state index < -0.39 is 11.6 Å². The lowest BCUT2D eigenvalue weighted by Gasteiger charge is -1.96. The fourth-order valence-corrected chi connectivity index (χ4v) is 1.45. The van der Waals surface area contributed by atoms with E-state index in [0.717, 1.165) is 11.6 Å². The molecule has 0 aliphatic heterocycles. The monoisotopic (exact) mass is 232 g/mol. The van der Waals surface area contributed by atoms with Gasteiger partial charge in [-0.1, -0.05) is 24.3 Å². The summed E-state index contributed by atoms with van der Waals surface area (Å²) in [5.74, 6) is -1.02. The molecule has 0 amide bonds. The molecule has 0 radical (unpaired) electrons. The van der Waals surface area contributed by atoms with E-state index in [-0.39, 0.29) is 5.75 Å². The summed E-state index contributed by atoms with van der Waals surface area (Å²) in [4.78, 5) is 0. The van der Waals surface area contributed by atoms with Crippen LogP contribution in [0.5, 0.6) is 5.75 Å². The molecule has 0 saturated heterocycles. The van der Waals surface area contributed by atoms with Crippen molar-refractivity contribution in [2.75, 3.05) is 0 Å². The average Bonchev–Trinajstić information content (AvgIpc) is 2.27. The second kappa shape index (κ2) is 4.78. The fraction of sp³-hybridized carbons (Fsp3) is 0. The standard InChI is InChI=1S/C14H10F2O/c15-12-7-11(8-13(16)9-12)2-1-10-3-5-14(17)6-4-10/h1-9,17H/b2-1+. The van der Waals surface area contributed by atoms with Crippen molar-refractivity contribution in [3.63, 3.8) is 0 Å². The number of hydrogen-bond donors (Lipinski definition) is 1. The quantitative estimate of drug-likeness (QED) is 0.780. The van der Waals surface area contributed by atoms with E-state index in [1.165, 1.54) is 12.1 Å². The maximum absolute atomic E-state index is 12.9. The minimum Gasteiger partial charge on any atom is -0.508 e. The molecule has 0 spiro atoms. The van der Waals surface area contributed by atoms with Gasteiger partial charge in [0, 0.05) is 6.07 Å². The third kappa shape index (κ3) is 3.14. The van der Waals surface area contributed by atoms with Gasteiger partial charge in [-0.3, -0.25) is 0 Å². The van der Waals surface area contributed by atoms with E-state index in [9.17, 15) is 8.78 Å². The van der Waals surface area contributed by atoms with Crippen molar-refractivity contribution in [1.82, 2.24) is 0 Å². The third-order valence-electron chi connectivity index (χ3n) is 2.25. The van der Waals surface area contributed by atoms with Gasteiger partial charge >= 0.3 is 0 Å². The topological polar surface area (TPSA) is 20.2 Å². The number of halogens is 2. The SMILES string of the molecule is Oc1ccc(/C=C/c2cc(F)cc(F)c2)cc1. The smallest absolute Gasteiger partial charge is 0.126 e. The number of benzene rings is 2. The Hall–Kier alpha value is -2.16. The largest absolute Gasteiger partial charge is 0.508 e. The number of aromatic hydroxyl groups is 1. The second-order valence-electron chi connectivity index (χ2n) is 3.63. The molecule has 17 heavy (non-hydrogen) atoms. The highest BCUT2D eigenvalue weighted by Gasteiger charge is 1.97. The highest BCUT2D eigenvalue weighted by Crippen LogP contribution is 2.14. The van der Waals surface area contributed by atoms with Crippen LogP contribution in [-0.2, 0) is 0 Å². The highest BCUT2D eigenvalue weighted by atomic mass is 19.1. The number of rotatable bonds is 2. The zero-order valence-corrected chi connectivity index (χ0v) is 8.90. The average molecular weight is 232 g/mol. The van der Waals surface area contributed by atoms with Crippen LogP contribution >= 0.6 is 0 Å². The predicted octanol–water partition coefficient (Wildman–Crippen LogP) is 3.84. The molecule has 1 nitrogen and oxygen atoms in total. The molecule has 0 aromatic heterocycles. The van der Waals surface area contributed by atoms with Crippen molar-refractivity contribution in [3.05, 3.63) is 65.2 Å². The zero-order valence-electron chi connectivity index (χ0n) is 8.90. The van der Waals surface area contributed by atoms with Gasteiger partial charge in [-0.2, -0.15) is 0 Å².